The van der Waals surface area contributed by atoms with Crippen molar-refractivity contribution in [2.45, 2.75) is 116 Å². The third-order valence-corrected chi connectivity index (χ3v) is 4.64. The van der Waals surface area contributed by atoms with Gasteiger partial charge in [0, 0.05) is 12.6 Å². The van der Waals surface area contributed by atoms with Crippen LogP contribution in [0.4, 0.5) is 0 Å². The standard InChI is InChI=1S/C21H44N2/c1-2-3-4-5-6-7-8-9-10-11-12-13-14-15-16-17-18-19-21(23)20-22/h9-10,21H,2-8,11-20,22-23H2,1H3. The van der Waals surface area contributed by atoms with Gasteiger partial charge in [0.1, 0.15) is 0 Å². The minimum absolute atomic E-state index is 0.220. The molecule has 4 N–H and O–H groups in total. The summed E-state index contributed by atoms with van der Waals surface area (Å²) in [5, 5.41) is 0. The molecule has 0 aliphatic carbocycles. The van der Waals surface area contributed by atoms with Crippen LogP contribution in [0.5, 0.6) is 0 Å². The fraction of sp³-hybridized carbons (Fsp3) is 0.905. The smallest absolute Gasteiger partial charge is 0.0163 e. The molecule has 0 aliphatic rings. The molecular formula is C21H44N2. The first-order chi connectivity index (χ1) is 11.3. The van der Waals surface area contributed by atoms with Gasteiger partial charge >= 0.3 is 0 Å². The normalized spacial score (nSPS) is 13.0. The molecule has 0 amide bonds. The van der Waals surface area contributed by atoms with Gasteiger partial charge in [-0.3, -0.25) is 0 Å². The topological polar surface area (TPSA) is 52.0 Å². The van der Waals surface area contributed by atoms with Crippen LogP contribution in [0.3, 0.4) is 0 Å². The van der Waals surface area contributed by atoms with Crippen LogP contribution in [0.2, 0.25) is 0 Å². The molecule has 1 atom stereocenters. The van der Waals surface area contributed by atoms with Crippen molar-refractivity contribution in [3.05, 3.63) is 12.2 Å². The molecular weight excluding hydrogens is 280 g/mol. The number of allylic oxidation sites excluding steroid dienone is 2. The van der Waals surface area contributed by atoms with Gasteiger partial charge in [-0.05, 0) is 32.1 Å². The summed E-state index contributed by atoms with van der Waals surface area (Å²) in [5.41, 5.74) is 11.3. The maximum Gasteiger partial charge on any atom is 0.0163 e. The molecule has 0 saturated carbocycles. The lowest BCUT2D eigenvalue weighted by Gasteiger charge is -2.07. The van der Waals surface area contributed by atoms with Gasteiger partial charge in [-0.1, -0.05) is 89.7 Å². The predicted octanol–water partition coefficient (Wildman–Crippen LogP) is 6.09. The number of rotatable bonds is 18. The molecule has 1 unspecified atom stereocenters. The van der Waals surface area contributed by atoms with Gasteiger partial charge in [0.15, 0.2) is 0 Å². The molecule has 0 heterocycles. The van der Waals surface area contributed by atoms with Gasteiger partial charge in [-0.25, -0.2) is 0 Å². The van der Waals surface area contributed by atoms with Crippen molar-refractivity contribution in [2.24, 2.45) is 11.5 Å². The van der Waals surface area contributed by atoms with E-state index in [4.69, 9.17) is 11.5 Å². The number of hydrogen-bond donors (Lipinski definition) is 2. The SMILES string of the molecule is CCCCCCCCC=CCCCCCCCCCC(N)CN. The Morgan fingerprint density at radius 1 is 0.652 bits per heavy atom. The van der Waals surface area contributed by atoms with Crippen LogP contribution in [0.25, 0.3) is 0 Å². The van der Waals surface area contributed by atoms with Gasteiger partial charge in [-0.15, -0.1) is 0 Å². The Bertz CT molecular complexity index is 238. The second kappa shape index (κ2) is 19.7. The zero-order valence-electron chi connectivity index (χ0n) is 15.9. The van der Waals surface area contributed by atoms with Crippen LogP contribution in [0.15, 0.2) is 12.2 Å². The van der Waals surface area contributed by atoms with E-state index in [2.05, 4.69) is 19.1 Å². The number of hydrogen-bond acceptors (Lipinski definition) is 2. The lowest BCUT2D eigenvalue weighted by atomic mass is 10.0. The Balaban J connectivity index is 3.08. The first kappa shape index (κ1) is 22.7. The fourth-order valence-corrected chi connectivity index (χ4v) is 2.95. The van der Waals surface area contributed by atoms with Crippen molar-refractivity contribution in [1.82, 2.24) is 0 Å². The third-order valence-electron chi connectivity index (χ3n) is 4.64. The minimum Gasteiger partial charge on any atom is -0.329 e. The Morgan fingerprint density at radius 3 is 1.57 bits per heavy atom. The molecule has 0 fully saturated rings. The summed E-state index contributed by atoms with van der Waals surface area (Å²) in [7, 11) is 0. The van der Waals surface area contributed by atoms with Gasteiger partial charge < -0.3 is 11.5 Å². The lowest BCUT2D eigenvalue weighted by Crippen LogP contribution is -2.29. The van der Waals surface area contributed by atoms with Crippen LogP contribution in [-0.4, -0.2) is 12.6 Å². The first-order valence-electron chi connectivity index (χ1n) is 10.4. The molecule has 2 heteroatoms. The molecule has 23 heavy (non-hydrogen) atoms. The monoisotopic (exact) mass is 324 g/mol. The molecule has 0 spiro atoms. The van der Waals surface area contributed by atoms with Crippen LogP contribution >= 0.6 is 0 Å². The summed E-state index contributed by atoms with van der Waals surface area (Å²) >= 11 is 0. The molecule has 0 saturated heterocycles. The lowest BCUT2D eigenvalue weighted by molar-refractivity contribution is 0.531. The summed E-state index contributed by atoms with van der Waals surface area (Å²) in [6.07, 6.45) is 26.4. The van der Waals surface area contributed by atoms with Crippen molar-refractivity contribution in [3.63, 3.8) is 0 Å². The number of unbranched alkanes of at least 4 members (excludes halogenated alkanes) is 13. The molecule has 138 valence electrons. The highest BCUT2D eigenvalue weighted by Gasteiger charge is 1.98. The molecule has 0 bridgehead atoms. The molecule has 0 radical (unpaired) electrons. The summed E-state index contributed by atoms with van der Waals surface area (Å²) in [4.78, 5) is 0. The van der Waals surface area contributed by atoms with E-state index in [-0.39, 0.29) is 6.04 Å². The minimum atomic E-state index is 0.220. The van der Waals surface area contributed by atoms with Crippen LogP contribution in [0, 0.1) is 0 Å². The fourth-order valence-electron chi connectivity index (χ4n) is 2.95. The predicted molar refractivity (Wildman–Crippen MR) is 106 cm³/mol. The molecule has 0 aliphatic heterocycles. The molecule has 0 aromatic heterocycles. The zero-order valence-corrected chi connectivity index (χ0v) is 15.9. The van der Waals surface area contributed by atoms with Crippen LogP contribution in [-0.2, 0) is 0 Å². The highest BCUT2D eigenvalue weighted by molar-refractivity contribution is 4.81. The van der Waals surface area contributed by atoms with E-state index in [1.807, 2.05) is 0 Å². The van der Waals surface area contributed by atoms with E-state index < -0.39 is 0 Å². The van der Waals surface area contributed by atoms with E-state index in [9.17, 15) is 0 Å². The Labute approximate surface area is 146 Å². The highest BCUT2D eigenvalue weighted by atomic mass is 14.7. The second-order valence-corrected chi connectivity index (χ2v) is 7.08. The highest BCUT2D eigenvalue weighted by Crippen LogP contribution is 2.11. The van der Waals surface area contributed by atoms with E-state index in [0.29, 0.717) is 6.54 Å². The van der Waals surface area contributed by atoms with E-state index in [0.717, 1.165) is 6.42 Å². The maximum atomic E-state index is 5.81. The average Bonchev–Trinajstić information content (AvgIpc) is 2.57. The van der Waals surface area contributed by atoms with Crippen molar-refractivity contribution < 1.29 is 0 Å². The van der Waals surface area contributed by atoms with E-state index in [1.54, 1.807) is 0 Å². The quantitative estimate of drug-likeness (QED) is 0.237. The van der Waals surface area contributed by atoms with Crippen LogP contribution < -0.4 is 11.5 Å². The molecule has 2 nitrogen and oxygen atoms in total. The average molecular weight is 325 g/mol. The van der Waals surface area contributed by atoms with E-state index in [1.165, 1.54) is 96.3 Å². The van der Waals surface area contributed by atoms with Crippen molar-refractivity contribution >= 4 is 0 Å². The van der Waals surface area contributed by atoms with Crippen molar-refractivity contribution in [1.29, 1.82) is 0 Å². The van der Waals surface area contributed by atoms with Crippen molar-refractivity contribution in [3.8, 4) is 0 Å². The Kier molecular flexibility index (Phi) is 19.4. The summed E-state index contributed by atoms with van der Waals surface area (Å²) in [6, 6.07) is 0.220. The molecule has 0 rings (SSSR count). The Hall–Kier alpha value is -0.340. The summed E-state index contributed by atoms with van der Waals surface area (Å²) in [6.45, 7) is 2.91. The van der Waals surface area contributed by atoms with Gasteiger partial charge in [0.25, 0.3) is 0 Å². The summed E-state index contributed by atoms with van der Waals surface area (Å²) < 4.78 is 0. The first-order valence-corrected chi connectivity index (χ1v) is 10.4. The van der Waals surface area contributed by atoms with Crippen LogP contribution in [0.1, 0.15) is 110 Å². The maximum absolute atomic E-state index is 5.81. The third kappa shape index (κ3) is 19.6. The zero-order chi connectivity index (χ0) is 17.0. The molecule has 0 aromatic carbocycles. The van der Waals surface area contributed by atoms with Gasteiger partial charge in [-0.2, -0.15) is 0 Å². The molecule has 0 aromatic rings. The van der Waals surface area contributed by atoms with E-state index >= 15 is 0 Å². The largest absolute Gasteiger partial charge is 0.329 e. The van der Waals surface area contributed by atoms with Gasteiger partial charge in [0.2, 0.25) is 0 Å². The van der Waals surface area contributed by atoms with Crippen molar-refractivity contribution in [2.75, 3.05) is 6.54 Å². The second-order valence-electron chi connectivity index (χ2n) is 7.08. The Morgan fingerprint density at radius 2 is 1.09 bits per heavy atom. The van der Waals surface area contributed by atoms with Gasteiger partial charge in [0.05, 0.1) is 0 Å². The number of nitrogens with two attached hydrogens (primary N) is 2. The summed E-state index contributed by atoms with van der Waals surface area (Å²) in [5.74, 6) is 0.